The Balaban J connectivity index is 0.000000130. The zero-order valence-corrected chi connectivity index (χ0v) is 72.8. The Morgan fingerprint density at radius 3 is 1.20 bits per heavy atom. The van der Waals surface area contributed by atoms with Crippen molar-refractivity contribution in [2.45, 2.75) is 108 Å². The Labute approximate surface area is 724 Å². The molecule has 2 fully saturated rings. The fourth-order valence-corrected chi connectivity index (χ4v) is 16.2. The first-order chi connectivity index (χ1) is 60.8. The van der Waals surface area contributed by atoms with Gasteiger partial charge in [-0.2, -0.15) is 0 Å². The zero-order valence-electron chi connectivity index (χ0n) is 72.8. The molecule has 3 atom stereocenters. The largest absolute Gasteiger partial charge is 0.492 e. The smallest absolute Gasteiger partial charge is 0.345 e. The average molecular weight is 1710 g/mol. The lowest BCUT2D eigenvalue weighted by atomic mass is 10.1. The van der Waals surface area contributed by atoms with E-state index in [-0.39, 0.29) is 44.7 Å². The number of aryl methyl sites for hydroxylation is 8. The van der Waals surface area contributed by atoms with Crippen LogP contribution >= 0.6 is 0 Å². The van der Waals surface area contributed by atoms with Crippen LogP contribution in [0.4, 0.5) is 10.1 Å². The number of fused-ring (bicyclic) bond motifs is 8. The van der Waals surface area contributed by atoms with Gasteiger partial charge in [0.25, 0.3) is 0 Å². The molecule has 126 heavy (non-hydrogen) atoms. The van der Waals surface area contributed by atoms with Gasteiger partial charge in [-0.25, -0.2) is 43.5 Å². The normalized spacial score (nSPS) is 14.7. The number of imidazole rings is 4. The molecule has 14 heterocycles. The van der Waals surface area contributed by atoms with E-state index in [0.29, 0.717) is 130 Å². The first kappa shape index (κ1) is 87.9. The Morgan fingerprint density at radius 1 is 0.452 bits per heavy atom. The van der Waals surface area contributed by atoms with Crippen molar-refractivity contribution in [3.63, 3.8) is 0 Å². The second kappa shape index (κ2) is 38.7. The van der Waals surface area contributed by atoms with E-state index in [2.05, 4.69) is 80.2 Å². The first-order valence-corrected chi connectivity index (χ1v) is 42.4. The van der Waals surface area contributed by atoms with Crippen LogP contribution < -0.4 is 41.6 Å². The molecule has 0 spiro atoms. The topological polar surface area (TPSA) is 346 Å². The maximum absolute atomic E-state index is 12.8. The van der Waals surface area contributed by atoms with Crippen molar-refractivity contribution in [2.24, 2.45) is 0 Å². The van der Waals surface area contributed by atoms with Gasteiger partial charge >= 0.3 is 22.5 Å². The SMILES string of the molecule is CCN(CC)CCOc1ccc2cc(-c3cn4cc(C)nc(C)c4n3)c(=O)oc2c1.Cc1cn2cc(-c3cc4ccc(N5CCN(CCF)[C@@H](C)C5)cc4oc3=O)nc2c(C)n1.Cc1cn2cc(-c3cc4ccc(OCCN(CCO)CCO)cc4oc3=O)nc2c(C)n1.Cc1cn2cc(-c3cc4ccc(O[C@@H]5CCN(C(C)CO)C5)cc4oc3=O)nc2c(C)n1. The highest BCUT2D eigenvalue weighted by atomic mass is 19.1. The molecule has 0 aliphatic carbocycles. The van der Waals surface area contributed by atoms with Crippen LogP contribution in [0.5, 0.6) is 17.2 Å². The minimum absolute atomic E-state index is 0.0193. The fraction of sp³-hybridized carbons (Fsp3) is 0.362. The van der Waals surface area contributed by atoms with Gasteiger partial charge in [-0.3, -0.25) is 34.6 Å². The number of nitrogens with zero attached hydrogens (tertiary/aromatic N) is 17. The number of benzene rings is 4. The molecule has 31 nitrogen and oxygen atoms in total. The van der Waals surface area contributed by atoms with Crippen molar-refractivity contribution in [1.29, 1.82) is 0 Å². The molecule has 2 aliphatic rings. The summed E-state index contributed by atoms with van der Waals surface area (Å²) in [6.45, 7) is 33.4. The van der Waals surface area contributed by atoms with Gasteiger partial charge in [0.2, 0.25) is 0 Å². The van der Waals surface area contributed by atoms with Crippen LogP contribution in [0.15, 0.2) is 183 Å². The fourth-order valence-electron chi connectivity index (χ4n) is 16.2. The standard InChI is InChI=1S/C24H26FN5O2.C24H26N4O4.C23H26N4O5.C23H26N4O3/c1-15-12-30-14-21(27-23(30)17(3)26-15)20-10-18-4-5-19(11-22(18)32-24(20)31)29-9-8-28(7-6-25)16(2)13-29;1-14-10-28-12-21(26-23(28)16(3)25-14)20-8-17-4-5-18(9-22(17)32-24(20)30)31-19-6-7-27(11-19)15(2)13-29;1-15-13-27-14-20(25-22(27)16(2)24-15)19-11-17-3-4-18(12-21(17)32-23(19)30)31-10-7-26(5-8-28)6-9-29;1-5-26(6-2)9-10-29-18-8-7-17-11-19(23(28)30-21(17)12-18)20-14-27-13-15(3)24-16(4)22(27)25-20/h4-5,10-12,14,16H,6-9,13H2,1-3H3;4-5,8-10,12,15,19,29H,6-7,11,13H2,1-3H3;3-4,11-14,28-29H,5-10H2,1-2H3;7-8,11-14H,5-6,9-10H2,1-4H3/t16-;15?,19-;;/m01../s1. The number of likely N-dealkylation sites (N-methyl/N-ethyl adjacent to an activating group) is 1. The predicted molar refractivity (Wildman–Crippen MR) is 482 cm³/mol. The molecule has 0 bridgehead atoms. The predicted octanol–water partition coefficient (Wildman–Crippen LogP) is 12.2. The van der Waals surface area contributed by atoms with Gasteiger partial charge in [0.1, 0.15) is 65.6 Å². The second-order valence-corrected chi connectivity index (χ2v) is 32.0. The van der Waals surface area contributed by atoms with E-state index in [1.807, 2.05) is 201 Å². The Bertz CT molecular complexity index is 6900. The molecule has 0 saturated carbocycles. The highest BCUT2D eigenvalue weighted by Crippen LogP contribution is 2.33. The zero-order chi connectivity index (χ0) is 88.7. The summed E-state index contributed by atoms with van der Waals surface area (Å²) < 4.78 is 60.5. The van der Waals surface area contributed by atoms with E-state index in [1.54, 1.807) is 30.5 Å². The van der Waals surface area contributed by atoms with Crippen LogP contribution in [0.2, 0.25) is 0 Å². The number of likely N-dealkylation sites (tertiary alicyclic amines) is 1. The van der Waals surface area contributed by atoms with Crippen molar-refractivity contribution in [1.82, 2.24) is 77.1 Å². The van der Waals surface area contributed by atoms with Crippen LogP contribution in [0.25, 0.3) is 111 Å². The third kappa shape index (κ3) is 19.9. The molecule has 0 radical (unpaired) electrons. The van der Waals surface area contributed by atoms with E-state index in [1.165, 1.54) is 0 Å². The van der Waals surface area contributed by atoms with E-state index in [4.69, 9.17) is 42.1 Å². The van der Waals surface area contributed by atoms with Crippen molar-refractivity contribution < 1.29 is 51.6 Å². The summed E-state index contributed by atoms with van der Waals surface area (Å²) in [5.41, 5.74) is 14.7. The first-order valence-electron chi connectivity index (χ1n) is 42.4. The molecule has 0 amide bonds. The molecule has 4 aromatic carbocycles. The van der Waals surface area contributed by atoms with Gasteiger partial charge in [-0.15, -0.1) is 0 Å². The lowest BCUT2D eigenvalue weighted by Crippen LogP contribution is -2.52. The third-order valence-electron chi connectivity index (χ3n) is 22.8. The van der Waals surface area contributed by atoms with E-state index >= 15 is 0 Å². The number of ether oxygens (including phenoxy) is 3. The summed E-state index contributed by atoms with van der Waals surface area (Å²) in [7, 11) is 0. The van der Waals surface area contributed by atoms with Crippen LogP contribution in [-0.2, 0) is 0 Å². The lowest BCUT2D eigenvalue weighted by Gasteiger charge is -2.40. The average Bonchev–Trinajstić information content (AvgIpc) is 1.73. The number of aliphatic hydroxyl groups excluding tert-OH is 3. The number of aliphatic hydroxyl groups is 3. The number of alkyl halides is 1. The summed E-state index contributed by atoms with van der Waals surface area (Å²) in [5.74, 6) is 1.93. The molecule has 32 heteroatoms. The number of anilines is 1. The van der Waals surface area contributed by atoms with Gasteiger partial charge in [-0.1, -0.05) is 13.8 Å². The molecule has 656 valence electrons. The number of rotatable bonds is 25. The minimum atomic E-state index is -0.475. The van der Waals surface area contributed by atoms with Gasteiger partial charge in [0.05, 0.1) is 110 Å². The van der Waals surface area contributed by atoms with Crippen molar-refractivity contribution in [2.75, 3.05) is 123 Å². The highest BCUT2D eigenvalue weighted by Gasteiger charge is 2.29. The highest BCUT2D eigenvalue weighted by molar-refractivity contribution is 5.87. The molecule has 1 unspecified atom stereocenters. The summed E-state index contributed by atoms with van der Waals surface area (Å²) in [6, 6.07) is 30.0. The molecule has 3 N–H and O–H groups in total. The Morgan fingerprint density at radius 2 is 0.825 bits per heavy atom. The number of halogens is 1. The van der Waals surface area contributed by atoms with Crippen molar-refractivity contribution in [3.8, 4) is 62.3 Å². The van der Waals surface area contributed by atoms with Crippen LogP contribution in [-0.4, -0.2) is 229 Å². The van der Waals surface area contributed by atoms with Gasteiger partial charge in [-0.05, 0) is 162 Å². The summed E-state index contributed by atoms with van der Waals surface area (Å²) >= 11 is 0. The summed E-state index contributed by atoms with van der Waals surface area (Å²) in [4.78, 5) is 97.9. The van der Waals surface area contributed by atoms with Crippen molar-refractivity contribution >= 4 is 72.2 Å². The number of hydrogen-bond donors (Lipinski definition) is 3. The molecule has 2 saturated heterocycles. The molecular weight excluding hydrogens is 1610 g/mol. The van der Waals surface area contributed by atoms with Gasteiger partial charge < -0.3 is 74.6 Å². The summed E-state index contributed by atoms with van der Waals surface area (Å²) in [6.07, 6.45) is 15.8. The van der Waals surface area contributed by atoms with Crippen molar-refractivity contribution in [3.05, 3.63) is 234 Å². The maximum atomic E-state index is 12.8. The summed E-state index contributed by atoms with van der Waals surface area (Å²) in [5, 5.41) is 30.7. The van der Waals surface area contributed by atoms with Gasteiger partial charge in [0.15, 0.2) is 22.6 Å². The monoisotopic (exact) mass is 1710 g/mol. The molecule has 16 aromatic rings. The Hall–Kier alpha value is -13.0. The van der Waals surface area contributed by atoms with Crippen LogP contribution in [0.3, 0.4) is 0 Å². The Kier molecular flexibility index (Phi) is 27.0. The molecule has 12 aromatic heterocycles. The number of aromatic nitrogens is 12. The van der Waals surface area contributed by atoms with Gasteiger partial charge in [0, 0.05) is 179 Å². The maximum Gasteiger partial charge on any atom is 0.345 e. The van der Waals surface area contributed by atoms with Crippen LogP contribution in [0, 0.1) is 55.4 Å². The number of piperazine rings is 1. The minimum Gasteiger partial charge on any atom is -0.492 e. The third-order valence-corrected chi connectivity index (χ3v) is 22.8. The quantitative estimate of drug-likeness (QED) is 0.0447. The lowest BCUT2D eigenvalue weighted by molar-refractivity contribution is 0.138. The van der Waals surface area contributed by atoms with Crippen LogP contribution in [0.1, 0.15) is 79.7 Å². The van der Waals surface area contributed by atoms with E-state index in [0.717, 1.165) is 149 Å². The molecular formula is C94H104FN17O14. The molecule has 2 aliphatic heterocycles. The molecule has 18 rings (SSSR count). The van der Waals surface area contributed by atoms with E-state index < -0.39 is 22.5 Å². The second-order valence-electron chi connectivity index (χ2n) is 32.0. The van der Waals surface area contributed by atoms with E-state index in [9.17, 15) is 28.7 Å². The number of hydrogen-bond acceptors (Lipinski definition) is 27.